The van der Waals surface area contributed by atoms with Crippen LogP contribution in [0.1, 0.15) is 45.7 Å². The molecule has 0 spiro atoms. The molecular weight excluding hydrogens is 482 g/mol. The van der Waals surface area contributed by atoms with E-state index in [-0.39, 0.29) is 5.41 Å². The largest absolute Gasteiger partial charge is 0.495 e. The van der Waals surface area contributed by atoms with Crippen molar-refractivity contribution in [2.75, 3.05) is 12.4 Å². The van der Waals surface area contributed by atoms with Crippen molar-refractivity contribution in [2.24, 2.45) is 0 Å². The third-order valence-electron chi connectivity index (χ3n) is 7.27. The Hall–Kier alpha value is -4.33. The zero-order valence-electron chi connectivity index (χ0n) is 22.3. The van der Waals surface area contributed by atoms with Crippen LogP contribution in [0.3, 0.4) is 0 Å². The van der Waals surface area contributed by atoms with Crippen molar-refractivity contribution in [3.8, 4) is 5.75 Å². The molecule has 4 aromatic rings. The second kappa shape index (κ2) is 8.90. The minimum atomic E-state index is -1.28. The number of furan rings is 1. The van der Waals surface area contributed by atoms with Gasteiger partial charge in [-0.25, -0.2) is 9.69 Å². The number of amides is 4. The van der Waals surface area contributed by atoms with Crippen LogP contribution in [0.4, 0.5) is 10.5 Å². The fourth-order valence-corrected chi connectivity index (χ4v) is 4.88. The van der Waals surface area contributed by atoms with Crippen molar-refractivity contribution in [1.29, 1.82) is 0 Å². The molecule has 8 nitrogen and oxygen atoms in total. The molecule has 5 rings (SSSR count). The molecule has 4 amide bonds. The Balaban J connectivity index is 1.40. The van der Waals surface area contributed by atoms with Crippen molar-refractivity contribution in [3.05, 3.63) is 71.8 Å². The monoisotopic (exact) mass is 513 g/mol. The number of benzene rings is 3. The highest BCUT2D eigenvalue weighted by molar-refractivity contribution is 6.12. The van der Waals surface area contributed by atoms with E-state index in [9.17, 15) is 14.4 Å². The lowest BCUT2D eigenvalue weighted by atomic mass is 9.84. The Morgan fingerprint density at radius 2 is 1.71 bits per heavy atom. The van der Waals surface area contributed by atoms with Crippen LogP contribution in [-0.4, -0.2) is 35.9 Å². The second-order valence-electron chi connectivity index (χ2n) is 10.9. The first kappa shape index (κ1) is 25.3. The molecule has 0 saturated carbocycles. The van der Waals surface area contributed by atoms with E-state index in [1.54, 1.807) is 19.1 Å². The van der Waals surface area contributed by atoms with Crippen LogP contribution in [0.2, 0.25) is 0 Å². The van der Waals surface area contributed by atoms with Gasteiger partial charge in [0.1, 0.15) is 28.5 Å². The second-order valence-corrected chi connectivity index (χ2v) is 10.9. The molecule has 0 radical (unpaired) electrons. The first-order chi connectivity index (χ1) is 17.9. The summed E-state index contributed by atoms with van der Waals surface area (Å²) in [4.78, 5) is 40.8. The highest BCUT2D eigenvalue weighted by atomic mass is 16.5. The quantitative estimate of drug-likeness (QED) is 0.334. The van der Waals surface area contributed by atoms with Gasteiger partial charge in [0, 0.05) is 16.8 Å². The van der Waals surface area contributed by atoms with E-state index < -0.39 is 29.4 Å². The number of carbonyl (C=O) groups excluding carboxylic acids is 3. The van der Waals surface area contributed by atoms with Crippen molar-refractivity contribution in [1.82, 2.24) is 10.2 Å². The first-order valence-electron chi connectivity index (χ1n) is 12.5. The molecule has 1 aliphatic heterocycles. The standard InChI is InChI=1S/C30H31N3O5/c1-17(33-27(35)30(5,32-28(33)36)19-13-11-18(12-14-19)29(2,3)4)26(34)31-22-16-24-21(15-25(22)37-6)20-9-7-8-10-23(20)38-24/h7-17H,1-6H3,(H,31,34)(H,32,36). The molecule has 1 fully saturated rings. The topological polar surface area (TPSA) is 101 Å². The van der Waals surface area contributed by atoms with Gasteiger partial charge in [0.05, 0.1) is 12.8 Å². The maximum Gasteiger partial charge on any atom is 0.326 e. The molecule has 1 aromatic heterocycles. The number of methoxy groups -OCH3 is 1. The van der Waals surface area contributed by atoms with Gasteiger partial charge >= 0.3 is 6.03 Å². The van der Waals surface area contributed by atoms with Crippen LogP contribution < -0.4 is 15.4 Å². The summed E-state index contributed by atoms with van der Waals surface area (Å²) in [7, 11) is 1.51. The van der Waals surface area contributed by atoms with Crippen LogP contribution in [0.15, 0.2) is 65.1 Å². The van der Waals surface area contributed by atoms with Gasteiger partial charge < -0.3 is 19.8 Å². The van der Waals surface area contributed by atoms with E-state index in [0.29, 0.717) is 22.6 Å². The number of hydrogen-bond donors (Lipinski definition) is 2. The van der Waals surface area contributed by atoms with Crippen molar-refractivity contribution in [2.45, 2.75) is 51.6 Å². The van der Waals surface area contributed by atoms with E-state index in [1.165, 1.54) is 14.0 Å². The SMILES string of the molecule is COc1cc2c(cc1NC(=O)C(C)N1C(=O)NC(C)(c3ccc(C(C)(C)C)cc3)C1=O)oc1ccccc12. The van der Waals surface area contributed by atoms with Gasteiger partial charge in [-0.2, -0.15) is 0 Å². The summed E-state index contributed by atoms with van der Waals surface area (Å²) in [5, 5.41) is 7.38. The molecule has 2 heterocycles. The highest BCUT2D eigenvalue weighted by Gasteiger charge is 2.51. The van der Waals surface area contributed by atoms with Crippen LogP contribution >= 0.6 is 0 Å². The summed E-state index contributed by atoms with van der Waals surface area (Å²) < 4.78 is 11.5. The number of fused-ring (bicyclic) bond motifs is 3. The Kier molecular flexibility index (Phi) is 5.93. The summed E-state index contributed by atoms with van der Waals surface area (Å²) >= 11 is 0. The number of urea groups is 1. The molecule has 8 heteroatoms. The lowest BCUT2D eigenvalue weighted by molar-refractivity contribution is -0.136. The molecule has 2 atom stereocenters. The third-order valence-corrected chi connectivity index (χ3v) is 7.27. The van der Waals surface area contributed by atoms with Crippen LogP contribution in [-0.2, 0) is 20.5 Å². The van der Waals surface area contributed by atoms with Crippen molar-refractivity contribution in [3.63, 3.8) is 0 Å². The predicted molar refractivity (Wildman–Crippen MR) is 146 cm³/mol. The van der Waals surface area contributed by atoms with E-state index in [4.69, 9.17) is 9.15 Å². The number of nitrogens with one attached hydrogen (secondary N) is 2. The minimum absolute atomic E-state index is 0.0482. The van der Waals surface area contributed by atoms with Gasteiger partial charge in [-0.05, 0) is 42.5 Å². The number of hydrogen-bond acceptors (Lipinski definition) is 5. The zero-order chi connectivity index (χ0) is 27.4. The Bertz CT molecular complexity index is 1580. The summed E-state index contributed by atoms with van der Waals surface area (Å²) in [6, 6.07) is 17.0. The average Bonchev–Trinajstić information content (AvgIpc) is 3.35. The smallest absolute Gasteiger partial charge is 0.326 e. The van der Waals surface area contributed by atoms with Crippen LogP contribution in [0.5, 0.6) is 5.75 Å². The normalized spacial score (nSPS) is 18.6. The Morgan fingerprint density at radius 3 is 2.37 bits per heavy atom. The summed E-state index contributed by atoms with van der Waals surface area (Å²) in [5.74, 6) is -0.589. The van der Waals surface area contributed by atoms with Gasteiger partial charge in [0.25, 0.3) is 5.91 Å². The Morgan fingerprint density at radius 1 is 1.03 bits per heavy atom. The summed E-state index contributed by atoms with van der Waals surface area (Å²) in [5.41, 5.74) is 2.10. The molecule has 38 heavy (non-hydrogen) atoms. The number of para-hydroxylation sites is 1. The predicted octanol–water partition coefficient (Wildman–Crippen LogP) is 5.69. The third kappa shape index (κ3) is 4.06. The van der Waals surface area contributed by atoms with Crippen LogP contribution in [0, 0.1) is 0 Å². The molecule has 0 aliphatic carbocycles. The molecule has 1 saturated heterocycles. The number of imide groups is 1. The number of anilines is 1. The number of ether oxygens (including phenoxy) is 1. The maximum atomic E-state index is 13.5. The molecule has 1 aliphatic rings. The van der Waals surface area contributed by atoms with E-state index in [2.05, 4.69) is 31.4 Å². The van der Waals surface area contributed by atoms with Gasteiger partial charge in [0.2, 0.25) is 5.91 Å². The van der Waals surface area contributed by atoms with Gasteiger partial charge in [0.15, 0.2) is 0 Å². The first-order valence-corrected chi connectivity index (χ1v) is 12.5. The average molecular weight is 514 g/mol. The lowest BCUT2D eigenvalue weighted by Crippen LogP contribution is -2.47. The molecule has 2 unspecified atom stereocenters. The van der Waals surface area contributed by atoms with Gasteiger partial charge in [-0.1, -0.05) is 63.2 Å². The Labute approximate surface area is 220 Å². The van der Waals surface area contributed by atoms with E-state index in [1.807, 2.05) is 48.5 Å². The summed E-state index contributed by atoms with van der Waals surface area (Å²) in [6.07, 6.45) is 0. The number of rotatable bonds is 5. The molecule has 2 N–H and O–H groups in total. The summed E-state index contributed by atoms with van der Waals surface area (Å²) in [6.45, 7) is 9.50. The highest BCUT2D eigenvalue weighted by Crippen LogP contribution is 2.37. The zero-order valence-corrected chi connectivity index (χ0v) is 22.3. The maximum absolute atomic E-state index is 13.5. The van der Waals surface area contributed by atoms with Gasteiger partial charge in [-0.15, -0.1) is 0 Å². The van der Waals surface area contributed by atoms with E-state index >= 15 is 0 Å². The molecule has 196 valence electrons. The molecule has 3 aromatic carbocycles. The van der Waals surface area contributed by atoms with Crippen molar-refractivity contribution >= 4 is 45.5 Å². The fraction of sp³-hybridized carbons (Fsp3) is 0.300. The van der Waals surface area contributed by atoms with Crippen molar-refractivity contribution < 1.29 is 23.5 Å². The number of nitrogens with zero attached hydrogens (tertiary/aromatic N) is 1. The minimum Gasteiger partial charge on any atom is -0.495 e. The lowest BCUT2D eigenvalue weighted by Gasteiger charge is -2.26. The van der Waals surface area contributed by atoms with Crippen LogP contribution in [0.25, 0.3) is 21.9 Å². The van der Waals surface area contributed by atoms with Gasteiger partial charge in [-0.3, -0.25) is 9.59 Å². The molecular formula is C30H31N3O5. The van der Waals surface area contributed by atoms with E-state index in [0.717, 1.165) is 26.8 Å². The molecule has 0 bridgehead atoms. The number of carbonyl (C=O) groups is 3. The fourth-order valence-electron chi connectivity index (χ4n) is 4.88.